The van der Waals surface area contributed by atoms with E-state index >= 15 is 0 Å². The third kappa shape index (κ3) is 5.38. The highest BCUT2D eigenvalue weighted by atomic mass is 32.1. The molecular formula is C19H23NS. The zero-order valence-corrected chi connectivity index (χ0v) is 14.1. The van der Waals surface area contributed by atoms with Gasteiger partial charge in [-0.2, -0.15) is 0 Å². The van der Waals surface area contributed by atoms with Crippen LogP contribution in [0.15, 0.2) is 42.5 Å². The number of thiophene rings is 1. The van der Waals surface area contributed by atoms with Crippen LogP contribution in [0, 0.1) is 17.3 Å². The van der Waals surface area contributed by atoms with Crippen molar-refractivity contribution in [3.05, 3.63) is 47.4 Å². The van der Waals surface area contributed by atoms with E-state index in [9.17, 15) is 0 Å². The second-order valence-corrected chi connectivity index (χ2v) is 7.54. The van der Waals surface area contributed by atoms with Crippen molar-refractivity contribution in [3.8, 4) is 11.8 Å². The van der Waals surface area contributed by atoms with E-state index in [-0.39, 0.29) is 5.41 Å². The second kappa shape index (κ2) is 6.93. The molecule has 0 aliphatic heterocycles. The molecule has 0 saturated heterocycles. The molecule has 110 valence electrons. The van der Waals surface area contributed by atoms with Crippen molar-refractivity contribution in [2.45, 2.75) is 27.3 Å². The molecule has 1 heterocycles. The molecular weight excluding hydrogens is 274 g/mol. The van der Waals surface area contributed by atoms with E-state index in [1.165, 1.54) is 15.0 Å². The Balaban J connectivity index is 1.88. The number of rotatable bonds is 4. The largest absolute Gasteiger partial charge is 0.298 e. The molecule has 1 aromatic carbocycles. The summed E-state index contributed by atoms with van der Waals surface area (Å²) in [7, 11) is 2.14. The molecule has 0 fully saturated rings. The van der Waals surface area contributed by atoms with Crippen molar-refractivity contribution in [1.29, 1.82) is 0 Å². The zero-order valence-electron chi connectivity index (χ0n) is 13.3. The SMILES string of the molecule is CN(C/C=C/C#CC(C)(C)C)Cc1cc2ccccc2s1. The molecule has 0 aliphatic carbocycles. The van der Waals surface area contributed by atoms with Gasteiger partial charge in [-0.1, -0.05) is 36.1 Å². The van der Waals surface area contributed by atoms with Gasteiger partial charge in [-0.3, -0.25) is 4.90 Å². The smallest absolute Gasteiger partial charge is 0.0346 e. The fourth-order valence-electron chi connectivity index (χ4n) is 2.00. The van der Waals surface area contributed by atoms with Gasteiger partial charge in [0.2, 0.25) is 0 Å². The van der Waals surface area contributed by atoms with Crippen LogP contribution < -0.4 is 0 Å². The van der Waals surface area contributed by atoms with Crippen molar-refractivity contribution >= 4 is 21.4 Å². The average Bonchev–Trinajstić information content (AvgIpc) is 2.78. The summed E-state index contributed by atoms with van der Waals surface area (Å²) in [5.41, 5.74) is 0.0767. The molecule has 1 nitrogen and oxygen atoms in total. The molecule has 0 N–H and O–H groups in total. The standard InChI is InChI=1S/C19H23NS/c1-19(2,3)12-8-5-9-13-20(4)15-17-14-16-10-6-7-11-18(16)21-17/h5-7,9-11,14H,13,15H2,1-4H3/b9-5+. The Morgan fingerprint density at radius 1 is 1.24 bits per heavy atom. The maximum atomic E-state index is 3.21. The maximum Gasteiger partial charge on any atom is 0.0346 e. The summed E-state index contributed by atoms with van der Waals surface area (Å²) >= 11 is 1.88. The molecule has 0 bridgehead atoms. The van der Waals surface area contributed by atoms with Crippen LogP contribution in [0.1, 0.15) is 25.6 Å². The fourth-order valence-corrected chi connectivity index (χ4v) is 3.14. The van der Waals surface area contributed by atoms with Gasteiger partial charge in [-0.25, -0.2) is 0 Å². The van der Waals surface area contributed by atoms with E-state index in [4.69, 9.17) is 0 Å². The summed E-state index contributed by atoms with van der Waals surface area (Å²) in [4.78, 5) is 3.72. The van der Waals surface area contributed by atoms with Gasteiger partial charge in [0, 0.05) is 28.1 Å². The molecule has 0 aliphatic rings. The highest BCUT2D eigenvalue weighted by Gasteiger charge is 2.04. The van der Waals surface area contributed by atoms with E-state index in [0.717, 1.165) is 13.1 Å². The second-order valence-electron chi connectivity index (χ2n) is 6.37. The Morgan fingerprint density at radius 2 is 2.00 bits per heavy atom. The van der Waals surface area contributed by atoms with Crippen LogP contribution in [-0.4, -0.2) is 18.5 Å². The van der Waals surface area contributed by atoms with Gasteiger partial charge >= 0.3 is 0 Å². The summed E-state index contributed by atoms with van der Waals surface area (Å²) in [6.07, 6.45) is 4.10. The number of likely N-dealkylation sites (N-methyl/N-ethyl adjacent to an activating group) is 1. The van der Waals surface area contributed by atoms with Crippen LogP contribution in [0.25, 0.3) is 10.1 Å². The third-order valence-corrected chi connectivity index (χ3v) is 4.07. The molecule has 0 amide bonds. The predicted molar refractivity (Wildman–Crippen MR) is 94.5 cm³/mol. The monoisotopic (exact) mass is 297 g/mol. The minimum absolute atomic E-state index is 0.0767. The van der Waals surface area contributed by atoms with Crippen LogP contribution in [-0.2, 0) is 6.54 Å². The summed E-state index contributed by atoms with van der Waals surface area (Å²) in [6.45, 7) is 8.29. The minimum Gasteiger partial charge on any atom is -0.298 e. The van der Waals surface area contributed by atoms with Crippen LogP contribution in [0.4, 0.5) is 0 Å². The molecule has 2 rings (SSSR count). The minimum atomic E-state index is 0.0767. The lowest BCUT2D eigenvalue weighted by molar-refractivity contribution is 0.367. The first-order valence-electron chi connectivity index (χ1n) is 7.28. The number of allylic oxidation sites excluding steroid dienone is 1. The van der Waals surface area contributed by atoms with Crippen LogP contribution in [0.2, 0.25) is 0 Å². The molecule has 0 spiro atoms. The van der Waals surface area contributed by atoms with Gasteiger partial charge < -0.3 is 0 Å². The number of fused-ring (bicyclic) bond motifs is 1. The Labute approximate surface area is 132 Å². The van der Waals surface area contributed by atoms with Gasteiger partial charge in [0.25, 0.3) is 0 Å². The van der Waals surface area contributed by atoms with E-state index in [1.54, 1.807) is 0 Å². The summed E-state index contributed by atoms with van der Waals surface area (Å²) < 4.78 is 1.37. The molecule has 21 heavy (non-hydrogen) atoms. The number of nitrogens with zero attached hydrogens (tertiary/aromatic N) is 1. The van der Waals surface area contributed by atoms with Crippen molar-refractivity contribution in [2.24, 2.45) is 5.41 Å². The highest BCUT2D eigenvalue weighted by Crippen LogP contribution is 2.25. The Kier molecular flexibility index (Phi) is 5.22. The zero-order chi connectivity index (χ0) is 15.3. The first-order chi connectivity index (χ1) is 9.94. The first-order valence-corrected chi connectivity index (χ1v) is 8.09. The lowest BCUT2D eigenvalue weighted by Crippen LogP contribution is -2.16. The van der Waals surface area contributed by atoms with Crippen molar-refractivity contribution in [3.63, 3.8) is 0 Å². The van der Waals surface area contributed by atoms with Crippen LogP contribution in [0.5, 0.6) is 0 Å². The summed E-state index contributed by atoms with van der Waals surface area (Å²) in [6, 6.07) is 10.9. The lowest BCUT2D eigenvalue weighted by atomic mass is 9.98. The molecule has 1 aromatic heterocycles. The van der Waals surface area contributed by atoms with Crippen molar-refractivity contribution in [2.75, 3.05) is 13.6 Å². The van der Waals surface area contributed by atoms with Crippen molar-refractivity contribution < 1.29 is 0 Å². The number of benzene rings is 1. The average molecular weight is 297 g/mol. The van der Waals surface area contributed by atoms with Gasteiger partial charge in [0.1, 0.15) is 0 Å². The Hall–Kier alpha value is -1.56. The summed E-state index contributed by atoms with van der Waals surface area (Å²) in [5.74, 6) is 6.32. The predicted octanol–water partition coefficient (Wildman–Crippen LogP) is 4.94. The molecule has 0 unspecified atom stereocenters. The molecule has 2 heteroatoms. The third-order valence-electron chi connectivity index (χ3n) is 2.97. The molecule has 2 aromatic rings. The van der Waals surface area contributed by atoms with Gasteiger partial charge in [-0.15, -0.1) is 11.3 Å². The summed E-state index contributed by atoms with van der Waals surface area (Å²) in [5, 5.41) is 1.34. The molecule has 0 atom stereocenters. The molecule has 0 saturated carbocycles. The van der Waals surface area contributed by atoms with E-state index in [2.05, 4.69) is 81.0 Å². The maximum absolute atomic E-state index is 3.21. The number of hydrogen-bond acceptors (Lipinski definition) is 2. The number of hydrogen-bond donors (Lipinski definition) is 0. The lowest BCUT2D eigenvalue weighted by Gasteiger charge is -2.12. The van der Waals surface area contributed by atoms with Crippen LogP contribution in [0.3, 0.4) is 0 Å². The Bertz CT molecular complexity index is 644. The van der Waals surface area contributed by atoms with E-state index < -0.39 is 0 Å². The fraction of sp³-hybridized carbons (Fsp3) is 0.368. The van der Waals surface area contributed by atoms with Crippen LogP contribution >= 0.6 is 11.3 Å². The van der Waals surface area contributed by atoms with Gasteiger partial charge in [-0.05, 0) is 51.4 Å². The highest BCUT2D eigenvalue weighted by molar-refractivity contribution is 7.19. The topological polar surface area (TPSA) is 3.24 Å². The van der Waals surface area contributed by atoms with Crippen molar-refractivity contribution in [1.82, 2.24) is 4.90 Å². The Morgan fingerprint density at radius 3 is 2.71 bits per heavy atom. The quantitative estimate of drug-likeness (QED) is 0.723. The van der Waals surface area contributed by atoms with E-state index in [0.29, 0.717) is 0 Å². The normalized spacial score (nSPS) is 12.0. The van der Waals surface area contributed by atoms with E-state index in [1.807, 2.05) is 17.4 Å². The van der Waals surface area contributed by atoms with Gasteiger partial charge in [0.15, 0.2) is 0 Å². The first kappa shape index (κ1) is 15.8. The molecule has 0 radical (unpaired) electrons. The van der Waals surface area contributed by atoms with Gasteiger partial charge in [0.05, 0.1) is 0 Å².